The number of anilines is 1. The highest BCUT2D eigenvalue weighted by Gasteiger charge is 2.14. The molecule has 0 bridgehead atoms. The van der Waals surface area contributed by atoms with E-state index in [-0.39, 0.29) is 18.4 Å². The van der Waals surface area contributed by atoms with E-state index in [1.807, 2.05) is 37.3 Å². The third kappa shape index (κ3) is 5.19. The number of rotatable bonds is 7. The minimum absolute atomic E-state index is 0.0370. The third-order valence-corrected chi connectivity index (χ3v) is 4.45. The van der Waals surface area contributed by atoms with Crippen LogP contribution in [-0.4, -0.2) is 41.9 Å². The third-order valence-electron chi connectivity index (χ3n) is 4.45. The Morgan fingerprint density at radius 3 is 2.72 bits per heavy atom. The summed E-state index contributed by atoms with van der Waals surface area (Å²) in [5.74, 6) is 0.146. The van der Waals surface area contributed by atoms with Crippen molar-refractivity contribution in [3.05, 3.63) is 72.4 Å². The first-order chi connectivity index (χ1) is 14.1. The second-order valence-electron chi connectivity index (χ2n) is 6.39. The van der Waals surface area contributed by atoms with Gasteiger partial charge in [-0.05, 0) is 31.2 Å². The Labute approximate surface area is 169 Å². The van der Waals surface area contributed by atoms with Crippen LogP contribution in [0.15, 0.2) is 66.9 Å². The van der Waals surface area contributed by atoms with Crippen molar-refractivity contribution < 1.29 is 14.3 Å². The molecule has 3 aromatic rings. The minimum atomic E-state index is -0.270. The minimum Gasteiger partial charge on any atom is -0.497 e. The molecule has 6 nitrogen and oxygen atoms in total. The predicted molar refractivity (Wildman–Crippen MR) is 115 cm³/mol. The number of hydrogen-bond donors (Lipinski definition) is 1. The van der Waals surface area contributed by atoms with Gasteiger partial charge in [-0.2, -0.15) is 0 Å². The van der Waals surface area contributed by atoms with E-state index in [2.05, 4.69) is 10.3 Å². The number of aromatic nitrogens is 1. The molecular weight excluding hydrogens is 366 g/mol. The van der Waals surface area contributed by atoms with Gasteiger partial charge in [0.05, 0.1) is 12.6 Å². The molecule has 3 rings (SSSR count). The van der Waals surface area contributed by atoms with Gasteiger partial charge >= 0.3 is 0 Å². The molecule has 29 heavy (non-hydrogen) atoms. The van der Waals surface area contributed by atoms with Crippen molar-refractivity contribution in [2.45, 2.75) is 6.92 Å². The molecule has 0 saturated heterocycles. The van der Waals surface area contributed by atoms with Crippen molar-refractivity contribution in [3.8, 4) is 5.75 Å². The number of fused-ring (bicyclic) bond motifs is 1. The highest BCUT2D eigenvalue weighted by molar-refractivity contribution is 5.99. The molecule has 0 atom stereocenters. The molecule has 0 unspecified atom stereocenters. The maximum atomic E-state index is 12.6. The van der Waals surface area contributed by atoms with Crippen LogP contribution in [0.5, 0.6) is 5.75 Å². The van der Waals surface area contributed by atoms with Gasteiger partial charge in [0.25, 0.3) is 0 Å². The van der Waals surface area contributed by atoms with Crippen molar-refractivity contribution in [2.24, 2.45) is 0 Å². The number of hydrogen-bond acceptors (Lipinski definition) is 4. The maximum Gasteiger partial charge on any atom is 0.247 e. The van der Waals surface area contributed by atoms with Gasteiger partial charge in [-0.15, -0.1) is 0 Å². The number of carbonyl (C=O) groups excluding carboxylic acids is 2. The van der Waals surface area contributed by atoms with Crippen LogP contribution < -0.4 is 10.1 Å². The highest BCUT2D eigenvalue weighted by Crippen LogP contribution is 2.18. The number of benzene rings is 2. The van der Waals surface area contributed by atoms with E-state index in [4.69, 9.17) is 4.74 Å². The Bertz CT molecular complexity index is 1040. The lowest BCUT2D eigenvalue weighted by atomic mass is 10.1. The summed E-state index contributed by atoms with van der Waals surface area (Å²) in [4.78, 5) is 30.8. The molecule has 0 aliphatic carbocycles. The van der Waals surface area contributed by atoms with E-state index in [0.29, 0.717) is 18.0 Å². The quantitative estimate of drug-likeness (QED) is 0.625. The van der Waals surface area contributed by atoms with Gasteiger partial charge in [0.2, 0.25) is 11.8 Å². The van der Waals surface area contributed by atoms with E-state index < -0.39 is 0 Å². The van der Waals surface area contributed by atoms with Crippen molar-refractivity contribution in [3.63, 3.8) is 0 Å². The molecule has 1 heterocycles. The van der Waals surface area contributed by atoms with E-state index in [0.717, 1.165) is 16.5 Å². The zero-order valence-corrected chi connectivity index (χ0v) is 16.5. The molecule has 0 radical (unpaired) electrons. The number of methoxy groups -OCH3 is 1. The topological polar surface area (TPSA) is 71.5 Å². The second-order valence-corrected chi connectivity index (χ2v) is 6.39. The van der Waals surface area contributed by atoms with E-state index in [1.165, 1.54) is 11.0 Å². The Morgan fingerprint density at radius 2 is 1.93 bits per heavy atom. The number of amides is 2. The number of para-hydroxylation sites is 1. The lowest BCUT2D eigenvalue weighted by Crippen LogP contribution is -2.36. The van der Waals surface area contributed by atoms with Crippen molar-refractivity contribution >= 4 is 34.5 Å². The average molecular weight is 389 g/mol. The predicted octanol–water partition coefficient (Wildman–Crippen LogP) is 3.74. The molecule has 0 fully saturated rings. The highest BCUT2D eigenvalue weighted by atomic mass is 16.5. The standard InChI is InChI=1S/C23H23N3O3/c1-3-26(16-21(27)25-19-10-5-11-20(15-19)29-2)22(28)13-12-18-8-4-7-17-9-6-14-24-23(17)18/h4-15H,3,16H2,1-2H3,(H,25,27)/b13-12+. The van der Waals surface area contributed by atoms with Gasteiger partial charge in [0.15, 0.2) is 0 Å². The molecule has 0 aliphatic rings. The number of ether oxygens (including phenoxy) is 1. The lowest BCUT2D eigenvalue weighted by Gasteiger charge is -2.18. The van der Waals surface area contributed by atoms with Crippen LogP contribution in [-0.2, 0) is 9.59 Å². The molecule has 0 aliphatic heterocycles. The number of nitrogens with one attached hydrogen (secondary N) is 1. The molecule has 6 heteroatoms. The Balaban J connectivity index is 1.66. The smallest absolute Gasteiger partial charge is 0.247 e. The zero-order valence-electron chi connectivity index (χ0n) is 16.5. The van der Waals surface area contributed by atoms with Crippen LogP contribution in [0.4, 0.5) is 5.69 Å². The molecule has 1 N–H and O–H groups in total. The van der Waals surface area contributed by atoms with Gasteiger partial charge in [-0.1, -0.05) is 30.3 Å². The van der Waals surface area contributed by atoms with E-state index >= 15 is 0 Å². The van der Waals surface area contributed by atoms with Crippen LogP contribution in [0.1, 0.15) is 12.5 Å². The first-order valence-corrected chi connectivity index (χ1v) is 9.35. The van der Waals surface area contributed by atoms with Gasteiger partial charge in [-0.25, -0.2) is 0 Å². The Hall–Kier alpha value is -3.67. The Morgan fingerprint density at radius 1 is 1.14 bits per heavy atom. The Kier molecular flexibility index (Phi) is 6.58. The summed E-state index contributed by atoms with van der Waals surface area (Å²) in [6.07, 6.45) is 4.94. The van der Waals surface area contributed by atoms with E-state index in [9.17, 15) is 9.59 Å². The first-order valence-electron chi connectivity index (χ1n) is 9.35. The fraction of sp³-hybridized carbons (Fsp3) is 0.174. The SMILES string of the molecule is CCN(CC(=O)Nc1cccc(OC)c1)C(=O)/C=C/c1cccc2cccnc12. The van der Waals surface area contributed by atoms with Crippen LogP contribution in [0.2, 0.25) is 0 Å². The van der Waals surface area contributed by atoms with Gasteiger partial charge in [0, 0.05) is 41.5 Å². The van der Waals surface area contributed by atoms with Gasteiger partial charge in [0.1, 0.15) is 12.3 Å². The summed E-state index contributed by atoms with van der Waals surface area (Å²) in [6, 6.07) is 16.7. The fourth-order valence-corrected chi connectivity index (χ4v) is 2.95. The molecule has 148 valence electrons. The molecule has 1 aromatic heterocycles. The largest absolute Gasteiger partial charge is 0.497 e. The summed E-state index contributed by atoms with van der Waals surface area (Å²) in [6.45, 7) is 2.22. The molecule has 2 amide bonds. The summed E-state index contributed by atoms with van der Waals surface area (Å²) in [5.41, 5.74) is 2.31. The number of carbonyl (C=O) groups is 2. The molecule has 0 saturated carbocycles. The van der Waals surface area contributed by atoms with Crippen molar-refractivity contribution in [2.75, 3.05) is 25.5 Å². The summed E-state index contributed by atoms with van der Waals surface area (Å²) in [5, 5.41) is 3.79. The number of pyridine rings is 1. The van der Waals surface area contributed by atoms with Gasteiger partial charge in [-0.3, -0.25) is 14.6 Å². The van der Waals surface area contributed by atoms with Crippen LogP contribution in [0, 0.1) is 0 Å². The van der Waals surface area contributed by atoms with Crippen LogP contribution >= 0.6 is 0 Å². The molecule has 0 spiro atoms. The number of likely N-dealkylation sites (N-methyl/N-ethyl adjacent to an activating group) is 1. The second kappa shape index (κ2) is 9.50. The maximum absolute atomic E-state index is 12.6. The summed E-state index contributed by atoms with van der Waals surface area (Å²) >= 11 is 0. The zero-order chi connectivity index (χ0) is 20.6. The monoisotopic (exact) mass is 389 g/mol. The molecular formula is C23H23N3O3. The first kappa shape index (κ1) is 20.1. The lowest BCUT2D eigenvalue weighted by molar-refractivity contribution is -0.130. The fourth-order valence-electron chi connectivity index (χ4n) is 2.95. The van der Waals surface area contributed by atoms with Crippen LogP contribution in [0.25, 0.3) is 17.0 Å². The summed E-state index contributed by atoms with van der Waals surface area (Å²) in [7, 11) is 1.57. The van der Waals surface area contributed by atoms with E-state index in [1.54, 1.807) is 43.6 Å². The van der Waals surface area contributed by atoms with Crippen LogP contribution in [0.3, 0.4) is 0 Å². The average Bonchev–Trinajstić information content (AvgIpc) is 2.75. The van der Waals surface area contributed by atoms with Crippen molar-refractivity contribution in [1.82, 2.24) is 9.88 Å². The van der Waals surface area contributed by atoms with Crippen molar-refractivity contribution in [1.29, 1.82) is 0 Å². The summed E-state index contributed by atoms with van der Waals surface area (Å²) < 4.78 is 5.15. The number of nitrogens with zero attached hydrogens (tertiary/aromatic N) is 2. The molecule has 2 aromatic carbocycles. The normalized spacial score (nSPS) is 10.8. The van der Waals surface area contributed by atoms with Gasteiger partial charge < -0.3 is 15.0 Å².